The SMILES string of the molecule is Cc1cc(N=Nc2ccc(C=Cc3ccc(-n4n5c6ccc7cc(S(=O)(=O)O)ccc7c6n45)cc3S(=O)(=O)O)c(S(=O)(=O)O)c2)ccc1-n1n2c3cc(S(=O)(=O)O)c4cc(S(=O)(=O)O)ccc4c3n12. The van der Waals surface area contributed by atoms with E-state index in [1.54, 1.807) is 71.4 Å². The molecule has 7 aromatic carbocycles. The van der Waals surface area contributed by atoms with E-state index < -0.39 is 70.2 Å². The van der Waals surface area contributed by atoms with Crippen molar-refractivity contribution in [1.29, 1.82) is 0 Å². The highest BCUT2D eigenvalue weighted by Gasteiger charge is 2.32. The van der Waals surface area contributed by atoms with E-state index in [9.17, 15) is 64.9 Å². The van der Waals surface area contributed by atoms with E-state index in [0.29, 0.717) is 55.5 Å². The summed E-state index contributed by atoms with van der Waals surface area (Å²) in [6.07, 6.45) is 2.46. The van der Waals surface area contributed by atoms with Crippen LogP contribution in [0.15, 0.2) is 144 Å². The van der Waals surface area contributed by atoms with Gasteiger partial charge in [-0.05, 0) is 108 Å². The largest absolute Gasteiger partial charge is 0.295 e. The first-order valence-electron chi connectivity index (χ1n) is 19.6. The molecule has 11 aromatic rings. The van der Waals surface area contributed by atoms with Crippen molar-refractivity contribution in [3.8, 4) is 11.4 Å². The maximum absolute atomic E-state index is 12.7. The number of fused-ring (bicyclic) bond motifs is 12. The molecular weight excluding hydrogens is 1000 g/mol. The molecule has 4 aromatic heterocycles. The number of aryl methyl sites for hydroxylation is 1. The van der Waals surface area contributed by atoms with E-state index in [2.05, 4.69) is 10.2 Å². The Hall–Kier alpha value is -7.25. The van der Waals surface area contributed by atoms with Crippen LogP contribution >= 0.6 is 0 Å². The smallest absolute Gasteiger partial charge is 0.282 e. The Morgan fingerprint density at radius 3 is 1.59 bits per heavy atom. The Morgan fingerprint density at radius 2 is 0.971 bits per heavy atom. The van der Waals surface area contributed by atoms with Crippen molar-refractivity contribution in [2.24, 2.45) is 10.2 Å². The van der Waals surface area contributed by atoms with Gasteiger partial charge in [-0.3, -0.25) is 22.8 Å². The molecular formula is C41H28N8O15S5. The molecule has 0 aliphatic heterocycles. The molecule has 28 heteroatoms. The number of hydrogen-bond donors (Lipinski definition) is 5. The summed E-state index contributed by atoms with van der Waals surface area (Å²) in [5.74, 6) is 0. The lowest BCUT2D eigenvalue weighted by Gasteiger charge is -2.09. The standard InChI is InChI=1S/C41H28N8O15S5/c1-22-16-26(8-15-34(22)45-47-36-21-39(69(62,63)64)33-20-30(66(53,54)55)11-13-32(33)41(36)49(45)47)42-43-27-7-4-23(37(18-27)67(56,57)58)2-3-24-5-9-28(19-38(24)68(59,60)61)44-46-35-14-6-25-17-29(65(50,51)52)10-12-31(25)40(35)48(44)46/h2-21H,1H3,(H,50,51,52)(H,53,54,55)(H,56,57,58)(H,59,60,61)(H,62,63,64). The normalized spacial score (nSPS) is 13.8. The minimum absolute atomic E-state index is 0.00516. The fourth-order valence-corrected chi connectivity index (χ4v) is 11.6. The zero-order valence-corrected chi connectivity index (χ0v) is 38.6. The van der Waals surface area contributed by atoms with Crippen LogP contribution in [0.4, 0.5) is 11.4 Å². The second-order valence-corrected chi connectivity index (χ2v) is 22.8. The number of aromatic nitrogens is 6. The first-order valence-corrected chi connectivity index (χ1v) is 26.8. The van der Waals surface area contributed by atoms with Crippen LogP contribution < -0.4 is 0 Å². The molecule has 4 heterocycles. The fraction of sp³-hybridized carbons (Fsp3) is 0.0244. The molecule has 0 amide bonds. The van der Waals surface area contributed by atoms with Gasteiger partial charge < -0.3 is 0 Å². The molecule has 0 radical (unpaired) electrons. The monoisotopic (exact) mass is 1030 g/mol. The van der Waals surface area contributed by atoms with Crippen molar-refractivity contribution >= 4 is 118 Å². The number of benzene rings is 7. The highest BCUT2D eigenvalue weighted by atomic mass is 32.2. The van der Waals surface area contributed by atoms with Gasteiger partial charge in [0.2, 0.25) is 0 Å². The Bertz CT molecular complexity index is 4710. The van der Waals surface area contributed by atoms with Gasteiger partial charge in [0, 0.05) is 16.2 Å². The average molecular weight is 1030 g/mol. The van der Waals surface area contributed by atoms with E-state index >= 15 is 0 Å². The second-order valence-electron chi connectivity index (χ2n) is 15.8. The Balaban J connectivity index is 0.869. The van der Waals surface area contributed by atoms with Crippen LogP contribution in [0.2, 0.25) is 0 Å². The topological polar surface area (TPSA) is 324 Å². The van der Waals surface area contributed by atoms with Crippen LogP contribution in [0.5, 0.6) is 0 Å². The Kier molecular flexibility index (Phi) is 9.23. The fourth-order valence-electron chi connectivity index (χ4n) is 8.44. The highest BCUT2D eigenvalue weighted by Crippen LogP contribution is 2.39. The number of rotatable bonds is 11. The van der Waals surface area contributed by atoms with E-state index in [0.717, 1.165) is 18.2 Å². The van der Waals surface area contributed by atoms with Gasteiger partial charge >= 0.3 is 0 Å². The van der Waals surface area contributed by atoms with Crippen molar-refractivity contribution in [2.45, 2.75) is 31.4 Å². The van der Waals surface area contributed by atoms with Gasteiger partial charge in [0.05, 0.1) is 32.5 Å². The molecule has 0 fully saturated rings. The lowest BCUT2D eigenvalue weighted by atomic mass is 10.1. The molecule has 0 unspecified atom stereocenters. The maximum atomic E-state index is 12.7. The quantitative estimate of drug-likeness (QED) is 0.0518. The van der Waals surface area contributed by atoms with Crippen molar-refractivity contribution < 1.29 is 64.9 Å². The molecule has 0 spiro atoms. The third-order valence-corrected chi connectivity index (χ3v) is 16.0. The molecule has 0 saturated carbocycles. The van der Waals surface area contributed by atoms with E-state index in [1.165, 1.54) is 66.7 Å². The molecule has 23 nitrogen and oxygen atoms in total. The van der Waals surface area contributed by atoms with E-state index in [4.69, 9.17) is 0 Å². The van der Waals surface area contributed by atoms with Gasteiger partial charge in [0.15, 0.2) is 0 Å². The summed E-state index contributed by atoms with van der Waals surface area (Å²) in [5, 5.41) is 9.66. The molecule has 0 saturated heterocycles. The second kappa shape index (κ2) is 14.4. The molecule has 5 N–H and O–H groups in total. The Labute approximate surface area is 387 Å². The van der Waals surface area contributed by atoms with Gasteiger partial charge in [-0.15, -0.1) is 18.5 Å². The summed E-state index contributed by atoms with van der Waals surface area (Å²) in [6, 6.07) is 24.8. The third-order valence-electron chi connectivity index (χ3n) is 11.6. The van der Waals surface area contributed by atoms with Crippen LogP contribution in [-0.4, -0.2) is 93.0 Å². The van der Waals surface area contributed by atoms with Gasteiger partial charge in [-0.1, -0.05) is 42.5 Å². The lowest BCUT2D eigenvalue weighted by Crippen LogP contribution is -2.04. The molecule has 0 atom stereocenters. The first kappa shape index (κ1) is 44.3. The van der Waals surface area contributed by atoms with Gasteiger partial charge in [0.25, 0.3) is 50.6 Å². The third kappa shape index (κ3) is 7.19. The highest BCUT2D eigenvalue weighted by molar-refractivity contribution is 7.87. The summed E-state index contributed by atoms with van der Waals surface area (Å²) >= 11 is 0. The van der Waals surface area contributed by atoms with Crippen molar-refractivity contribution in [3.05, 3.63) is 126 Å². The van der Waals surface area contributed by atoms with Crippen LogP contribution in [0.3, 0.4) is 0 Å². The number of hydrogen-bond acceptors (Lipinski definition) is 12. The lowest BCUT2D eigenvalue weighted by molar-refractivity contribution is 0.480. The van der Waals surface area contributed by atoms with Crippen molar-refractivity contribution in [3.63, 3.8) is 0 Å². The first-order chi connectivity index (χ1) is 32.3. The number of azo groups is 1. The number of nitrogens with zero attached hydrogens (tertiary/aromatic N) is 8. The zero-order valence-electron chi connectivity index (χ0n) is 34.5. The zero-order chi connectivity index (χ0) is 49.1. The van der Waals surface area contributed by atoms with Crippen LogP contribution in [0.25, 0.3) is 67.1 Å². The minimum Gasteiger partial charge on any atom is -0.282 e. The maximum Gasteiger partial charge on any atom is 0.295 e. The van der Waals surface area contributed by atoms with E-state index in [1.807, 2.05) is 0 Å². The van der Waals surface area contributed by atoms with Crippen LogP contribution in [0.1, 0.15) is 16.7 Å². The summed E-state index contributed by atoms with van der Waals surface area (Å²) in [7, 11) is -23.8. The molecule has 69 heavy (non-hydrogen) atoms. The van der Waals surface area contributed by atoms with Gasteiger partial charge in [0.1, 0.15) is 36.8 Å². The van der Waals surface area contributed by atoms with Crippen LogP contribution in [-0.2, 0) is 50.6 Å². The Morgan fingerprint density at radius 1 is 0.435 bits per heavy atom. The molecule has 11 rings (SSSR count). The minimum atomic E-state index is -4.90. The molecule has 0 aliphatic rings. The predicted octanol–water partition coefficient (Wildman–Crippen LogP) is 6.59. The summed E-state index contributed by atoms with van der Waals surface area (Å²) < 4.78 is 178. The van der Waals surface area contributed by atoms with E-state index in [-0.39, 0.29) is 32.5 Å². The van der Waals surface area contributed by atoms with Crippen LogP contribution in [0, 0.1) is 6.92 Å². The average Bonchev–Trinajstić information content (AvgIpc) is 4.12. The molecule has 352 valence electrons. The predicted molar refractivity (Wildman–Crippen MR) is 246 cm³/mol. The summed E-state index contributed by atoms with van der Waals surface area (Å²) in [4.78, 5) is 0.720. The molecule has 0 aliphatic carbocycles. The van der Waals surface area contributed by atoms with Crippen molar-refractivity contribution in [2.75, 3.05) is 0 Å². The molecule has 0 bridgehead atoms. The summed E-state index contributed by atoms with van der Waals surface area (Å²) in [5.41, 5.74) is 4.02. The van der Waals surface area contributed by atoms with Crippen molar-refractivity contribution in [1.82, 2.24) is 28.1 Å². The van der Waals surface area contributed by atoms with Gasteiger partial charge in [-0.25, -0.2) is 0 Å². The van der Waals surface area contributed by atoms with Gasteiger partial charge in [-0.2, -0.15) is 61.9 Å². The summed E-state index contributed by atoms with van der Waals surface area (Å²) in [6.45, 7) is 1.75.